The van der Waals surface area contributed by atoms with Crippen LogP contribution in [0.5, 0.6) is 0 Å². The van der Waals surface area contributed by atoms with Gasteiger partial charge in [0.25, 0.3) is 0 Å². The molecule has 4 heteroatoms. The van der Waals surface area contributed by atoms with Gasteiger partial charge in [-0.05, 0) is 42.2 Å². The minimum atomic E-state index is -0.913. The van der Waals surface area contributed by atoms with Crippen LogP contribution < -0.4 is 0 Å². The largest absolute Gasteiger partial charge is 0.468 e. The van der Waals surface area contributed by atoms with Crippen molar-refractivity contribution in [3.8, 4) is 0 Å². The number of esters is 1. The first kappa shape index (κ1) is 17.1. The van der Waals surface area contributed by atoms with Gasteiger partial charge in [0.2, 0.25) is 0 Å². The van der Waals surface area contributed by atoms with Crippen molar-refractivity contribution in [2.75, 3.05) is 13.7 Å². The van der Waals surface area contributed by atoms with Crippen LogP contribution in [-0.2, 0) is 16.0 Å². The molecule has 0 heterocycles. The van der Waals surface area contributed by atoms with Crippen LogP contribution in [0.25, 0.3) is 5.57 Å². The molecule has 1 aliphatic rings. The number of nitrogens with zero attached hydrogens (tertiary/aromatic N) is 1. The van der Waals surface area contributed by atoms with Crippen LogP contribution in [0.3, 0.4) is 0 Å². The zero-order chi connectivity index (χ0) is 17.9. The molecule has 1 unspecified atom stereocenters. The highest BCUT2D eigenvalue weighted by molar-refractivity contribution is 6.25. The number of hydrogen-bond acceptors (Lipinski definition) is 3. The van der Waals surface area contributed by atoms with E-state index in [1.54, 1.807) is 12.1 Å². The van der Waals surface area contributed by atoms with E-state index < -0.39 is 5.41 Å². The van der Waals surface area contributed by atoms with Crippen molar-refractivity contribution in [2.24, 2.45) is 10.4 Å². The normalized spacial score (nSPS) is 19.3. The predicted octanol–water partition coefficient (Wildman–Crippen LogP) is 4.09. The first-order valence-electron chi connectivity index (χ1n) is 8.21. The number of halogens is 1. The molecule has 2 aromatic carbocycles. The van der Waals surface area contributed by atoms with Gasteiger partial charge >= 0.3 is 5.97 Å². The molecule has 3 nitrogen and oxygen atoms in total. The maximum atomic E-state index is 13.1. The molecule has 3 rings (SSSR count). The zero-order valence-corrected chi connectivity index (χ0v) is 14.3. The Kier molecular flexibility index (Phi) is 4.79. The number of carbonyl (C=O) groups is 1. The van der Waals surface area contributed by atoms with Crippen LogP contribution in [0.1, 0.15) is 18.1 Å². The smallest absolute Gasteiger partial charge is 0.326 e. The Bertz CT molecular complexity index is 825. The van der Waals surface area contributed by atoms with E-state index in [9.17, 15) is 9.18 Å². The average Bonchev–Trinajstić information content (AvgIpc) is 3.39. The lowest BCUT2D eigenvalue weighted by atomic mass is 9.91. The Morgan fingerprint density at radius 2 is 1.80 bits per heavy atom. The van der Waals surface area contributed by atoms with E-state index in [-0.39, 0.29) is 11.8 Å². The Balaban J connectivity index is 1.76. The van der Waals surface area contributed by atoms with E-state index in [4.69, 9.17) is 4.74 Å². The number of ether oxygens (including phenoxy) is 1. The summed E-state index contributed by atoms with van der Waals surface area (Å²) in [6.07, 6.45) is 2.65. The van der Waals surface area contributed by atoms with Crippen molar-refractivity contribution >= 4 is 17.3 Å². The van der Waals surface area contributed by atoms with Crippen molar-refractivity contribution in [3.05, 3.63) is 77.6 Å². The zero-order valence-electron chi connectivity index (χ0n) is 14.3. The van der Waals surface area contributed by atoms with Crippen LogP contribution in [-0.4, -0.2) is 25.3 Å². The second kappa shape index (κ2) is 7.01. The van der Waals surface area contributed by atoms with Gasteiger partial charge in [0, 0.05) is 12.3 Å². The fourth-order valence-corrected chi connectivity index (χ4v) is 3.02. The van der Waals surface area contributed by atoms with Crippen LogP contribution in [0.15, 0.2) is 65.7 Å². The van der Waals surface area contributed by atoms with E-state index >= 15 is 0 Å². The topological polar surface area (TPSA) is 38.7 Å². The third kappa shape index (κ3) is 3.38. The maximum Gasteiger partial charge on any atom is 0.326 e. The highest BCUT2D eigenvalue weighted by Gasteiger charge is 2.55. The number of aliphatic imine (C=N–C) groups is 1. The molecule has 0 radical (unpaired) electrons. The van der Waals surface area contributed by atoms with Crippen LogP contribution >= 0.6 is 0 Å². The van der Waals surface area contributed by atoms with Crippen molar-refractivity contribution < 1.29 is 13.9 Å². The summed E-state index contributed by atoms with van der Waals surface area (Å²) in [5.74, 6) is -0.658. The molecule has 0 aliphatic heterocycles. The Morgan fingerprint density at radius 1 is 1.12 bits per heavy atom. The third-order valence-electron chi connectivity index (χ3n) is 4.53. The lowest BCUT2D eigenvalue weighted by Crippen LogP contribution is -2.28. The Labute approximate surface area is 146 Å². The summed E-state index contributed by atoms with van der Waals surface area (Å²) in [4.78, 5) is 17.0. The monoisotopic (exact) mass is 337 g/mol. The van der Waals surface area contributed by atoms with Gasteiger partial charge in [0.05, 0.1) is 7.11 Å². The molecule has 0 bridgehead atoms. The highest BCUT2D eigenvalue weighted by atomic mass is 19.1. The van der Waals surface area contributed by atoms with Gasteiger partial charge in [-0.15, -0.1) is 0 Å². The van der Waals surface area contributed by atoms with Gasteiger partial charge in [-0.1, -0.05) is 48.5 Å². The first-order chi connectivity index (χ1) is 12.1. The van der Waals surface area contributed by atoms with E-state index in [1.807, 2.05) is 31.2 Å². The second-order valence-electron chi connectivity index (χ2n) is 6.07. The van der Waals surface area contributed by atoms with Gasteiger partial charge in [0.1, 0.15) is 11.2 Å². The van der Waals surface area contributed by atoms with E-state index in [1.165, 1.54) is 24.8 Å². The molecule has 1 aliphatic carbocycles. The Hall–Kier alpha value is -2.75. The van der Waals surface area contributed by atoms with Gasteiger partial charge < -0.3 is 4.74 Å². The lowest BCUT2D eigenvalue weighted by molar-refractivity contribution is -0.143. The highest BCUT2D eigenvalue weighted by Crippen LogP contribution is 2.53. The summed E-state index contributed by atoms with van der Waals surface area (Å²) in [6, 6.07) is 16.2. The molecule has 0 amide bonds. The molecule has 0 saturated carbocycles. The number of hydrogen-bond donors (Lipinski definition) is 0. The molecule has 0 saturated heterocycles. The predicted molar refractivity (Wildman–Crippen MR) is 96.9 cm³/mol. The van der Waals surface area contributed by atoms with Gasteiger partial charge in [0.15, 0.2) is 0 Å². The van der Waals surface area contributed by atoms with Crippen LogP contribution in [0.4, 0.5) is 4.39 Å². The average molecular weight is 337 g/mol. The first-order valence-corrected chi connectivity index (χ1v) is 8.21. The van der Waals surface area contributed by atoms with E-state index in [0.29, 0.717) is 12.3 Å². The number of carbonyl (C=O) groups excluding carboxylic acids is 1. The van der Waals surface area contributed by atoms with Crippen LogP contribution in [0, 0.1) is 11.2 Å². The summed E-state index contributed by atoms with van der Waals surface area (Å²) in [7, 11) is 1.37. The summed E-state index contributed by atoms with van der Waals surface area (Å²) < 4.78 is 18.1. The third-order valence-corrected chi connectivity index (χ3v) is 4.53. The van der Waals surface area contributed by atoms with Gasteiger partial charge in [-0.2, -0.15) is 0 Å². The fraction of sp³-hybridized carbons (Fsp3) is 0.238. The van der Waals surface area contributed by atoms with Gasteiger partial charge in [-0.3, -0.25) is 9.79 Å². The maximum absolute atomic E-state index is 13.1. The minimum Gasteiger partial charge on any atom is -0.468 e. The molecule has 128 valence electrons. The molecular weight excluding hydrogens is 317 g/mol. The molecule has 2 aromatic rings. The molecule has 0 spiro atoms. The number of methoxy groups -OCH3 is 1. The van der Waals surface area contributed by atoms with E-state index in [2.05, 4.69) is 17.1 Å². The van der Waals surface area contributed by atoms with E-state index in [0.717, 1.165) is 17.6 Å². The minimum absolute atomic E-state index is 0.304. The molecule has 1 atom stereocenters. The SMILES string of the molecule is COC(=O)C1(C(C)=NCCc2ccccc2)C=C1c1ccc(F)cc1. The van der Waals surface area contributed by atoms with Gasteiger partial charge in [-0.25, -0.2) is 4.39 Å². The lowest BCUT2D eigenvalue weighted by Gasteiger charge is -2.16. The molecule has 0 fully saturated rings. The molecule has 0 N–H and O–H groups in total. The summed E-state index contributed by atoms with van der Waals surface area (Å²) in [6.45, 7) is 2.44. The fourth-order valence-electron chi connectivity index (χ4n) is 3.02. The van der Waals surface area contributed by atoms with Crippen molar-refractivity contribution in [1.29, 1.82) is 0 Å². The summed E-state index contributed by atoms with van der Waals surface area (Å²) >= 11 is 0. The van der Waals surface area contributed by atoms with Crippen molar-refractivity contribution in [3.63, 3.8) is 0 Å². The Morgan fingerprint density at radius 3 is 2.44 bits per heavy atom. The molecule has 25 heavy (non-hydrogen) atoms. The quantitative estimate of drug-likeness (QED) is 0.588. The van der Waals surface area contributed by atoms with Crippen molar-refractivity contribution in [1.82, 2.24) is 0 Å². The molecular formula is C21H20FNO2. The number of rotatable bonds is 6. The standard InChI is InChI=1S/C21H20FNO2/c1-15(23-13-12-16-6-4-3-5-7-16)21(20(24)25-2)14-19(21)17-8-10-18(22)11-9-17/h3-11,14H,12-13H2,1-2H3. The summed E-state index contributed by atoms with van der Waals surface area (Å²) in [5.41, 5.74) is 2.62. The molecule has 0 aromatic heterocycles. The second-order valence-corrected chi connectivity index (χ2v) is 6.07. The number of benzene rings is 2. The summed E-state index contributed by atoms with van der Waals surface area (Å²) in [5, 5.41) is 0. The van der Waals surface area contributed by atoms with Crippen molar-refractivity contribution in [2.45, 2.75) is 13.3 Å². The van der Waals surface area contributed by atoms with Crippen LogP contribution in [0.2, 0.25) is 0 Å².